The van der Waals surface area contributed by atoms with E-state index in [-0.39, 0.29) is 17.5 Å². The van der Waals surface area contributed by atoms with Crippen LogP contribution in [0.15, 0.2) is 29.1 Å². The van der Waals surface area contributed by atoms with Gasteiger partial charge in [0.2, 0.25) is 0 Å². The van der Waals surface area contributed by atoms with Crippen LogP contribution in [0.1, 0.15) is 46.3 Å². The average molecular weight is 263 g/mol. The number of nitrogens with zero attached hydrogens (tertiary/aromatic N) is 1. The molecule has 2 aromatic rings. The molecule has 0 saturated carbocycles. The molecule has 0 aliphatic rings. The topological polar surface area (TPSA) is 59.3 Å². The molecule has 2 rings (SSSR count). The van der Waals surface area contributed by atoms with Crippen LogP contribution < -0.4 is 0 Å². The fourth-order valence-electron chi connectivity index (χ4n) is 1.84. The van der Waals surface area contributed by atoms with Gasteiger partial charge in [-0.3, -0.25) is 4.79 Å². The molecule has 0 bridgehead atoms. The molecule has 0 saturated heterocycles. The van der Waals surface area contributed by atoms with Crippen molar-refractivity contribution in [2.45, 2.75) is 19.9 Å². The van der Waals surface area contributed by atoms with E-state index >= 15 is 0 Å². The molecule has 0 spiro atoms. The summed E-state index contributed by atoms with van der Waals surface area (Å²) < 4.78 is 1.63. The molecule has 1 atom stereocenters. The van der Waals surface area contributed by atoms with Crippen molar-refractivity contribution in [2.75, 3.05) is 0 Å². The van der Waals surface area contributed by atoms with Gasteiger partial charge in [-0.05, 0) is 42.3 Å². The molecule has 5 heteroatoms. The predicted octanol–water partition coefficient (Wildman–Crippen LogP) is 3.06. The molecule has 0 aliphatic carbocycles. The van der Waals surface area contributed by atoms with Crippen LogP contribution in [0, 0.1) is 0 Å². The van der Waals surface area contributed by atoms with Gasteiger partial charge in [0.15, 0.2) is 5.78 Å². The van der Waals surface area contributed by atoms with E-state index in [9.17, 15) is 14.7 Å². The van der Waals surface area contributed by atoms with E-state index in [2.05, 4.69) is 0 Å². The maximum Gasteiger partial charge on any atom is 0.352 e. The lowest BCUT2D eigenvalue weighted by Crippen LogP contribution is -2.12. The number of carbonyl (C=O) groups is 2. The number of aromatic carboxylic acids is 1. The van der Waals surface area contributed by atoms with Gasteiger partial charge in [0.1, 0.15) is 5.69 Å². The maximum atomic E-state index is 11.3. The Bertz CT molecular complexity index is 583. The number of ketones is 1. The van der Waals surface area contributed by atoms with E-state index in [0.717, 1.165) is 5.56 Å². The average Bonchev–Trinajstić information content (AvgIpc) is 2.97. The Labute approximate surface area is 108 Å². The van der Waals surface area contributed by atoms with Crippen LogP contribution in [-0.4, -0.2) is 21.4 Å². The Morgan fingerprint density at radius 3 is 2.67 bits per heavy atom. The minimum absolute atomic E-state index is 0.101. The molecular weight excluding hydrogens is 250 g/mol. The highest BCUT2D eigenvalue weighted by molar-refractivity contribution is 7.07. The van der Waals surface area contributed by atoms with Gasteiger partial charge in [0.05, 0.1) is 6.04 Å². The molecule has 0 amide bonds. The molecule has 1 unspecified atom stereocenters. The summed E-state index contributed by atoms with van der Waals surface area (Å²) in [5.74, 6) is -1.15. The molecule has 0 fully saturated rings. The van der Waals surface area contributed by atoms with Crippen molar-refractivity contribution in [3.8, 4) is 0 Å². The van der Waals surface area contributed by atoms with Crippen LogP contribution in [0.3, 0.4) is 0 Å². The third-order valence-electron chi connectivity index (χ3n) is 2.92. The standard InChI is InChI=1S/C13H13NO3S/c1-8(10-3-4-18-7-10)14-6-11(9(2)15)5-12(14)13(16)17/h3-8H,1-2H3,(H,16,17). The smallest absolute Gasteiger partial charge is 0.352 e. The summed E-state index contributed by atoms with van der Waals surface area (Å²) in [5, 5.41) is 13.1. The summed E-state index contributed by atoms with van der Waals surface area (Å²) in [6.45, 7) is 3.35. The Morgan fingerprint density at radius 1 is 1.44 bits per heavy atom. The Kier molecular flexibility index (Phi) is 3.34. The molecule has 4 nitrogen and oxygen atoms in total. The minimum atomic E-state index is -1.02. The second-order valence-corrected chi connectivity index (χ2v) is 4.90. The molecule has 2 aromatic heterocycles. The summed E-state index contributed by atoms with van der Waals surface area (Å²) in [4.78, 5) is 22.5. The Balaban J connectivity index is 2.49. The SMILES string of the molecule is CC(=O)c1cc(C(=O)O)n(C(C)c2ccsc2)c1. The Morgan fingerprint density at radius 2 is 2.17 bits per heavy atom. The van der Waals surface area contributed by atoms with E-state index < -0.39 is 5.97 Å². The number of carbonyl (C=O) groups excluding carboxylic acids is 1. The summed E-state index contributed by atoms with van der Waals surface area (Å²) in [7, 11) is 0. The highest BCUT2D eigenvalue weighted by atomic mass is 32.1. The molecule has 0 aromatic carbocycles. The van der Waals surface area contributed by atoms with Crippen molar-refractivity contribution < 1.29 is 14.7 Å². The third kappa shape index (κ3) is 2.22. The zero-order chi connectivity index (χ0) is 13.3. The summed E-state index contributed by atoms with van der Waals surface area (Å²) in [6, 6.07) is 3.28. The van der Waals surface area contributed by atoms with Gasteiger partial charge < -0.3 is 9.67 Å². The monoisotopic (exact) mass is 263 g/mol. The zero-order valence-electron chi connectivity index (χ0n) is 10.1. The van der Waals surface area contributed by atoms with Crippen LogP contribution in [0.2, 0.25) is 0 Å². The van der Waals surface area contributed by atoms with Gasteiger partial charge in [0, 0.05) is 11.8 Å². The maximum absolute atomic E-state index is 11.3. The first-order valence-corrected chi connectivity index (χ1v) is 6.43. The molecule has 94 valence electrons. The highest BCUT2D eigenvalue weighted by Crippen LogP contribution is 2.24. The molecule has 0 aliphatic heterocycles. The normalized spacial score (nSPS) is 12.3. The number of aromatic nitrogens is 1. The highest BCUT2D eigenvalue weighted by Gasteiger charge is 2.19. The quantitative estimate of drug-likeness (QED) is 0.862. The van der Waals surface area contributed by atoms with Crippen molar-refractivity contribution in [3.63, 3.8) is 0 Å². The zero-order valence-corrected chi connectivity index (χ0v) is 10.9. The van der Waals surface area contributed by atoms with Crippen LogP contribution in [0.4, 0.5) is 0 Å². The first-order chi connectivity index (χ1) is 8.50. The second kappa shape index (κ2) is 4.78. The molecule has 2 heterocycles. The van der Waals surface area contributed by atoms with E-state index in [0.29, 0.717) is 5.56 Å². The van der Waals surface area contributed by atoms with Crippen LogP contribution >= 0.6 is 11.3 Å². The number of thiophene rings is 1. The third-order valence-corrected chi connectivity index (χ3v) is 3.62. The van der Waals surface area contributed by atoms with E-state index in [1.54, 1.807) is 22.1 Å². The van der Waals surface area contributed by atoms with Crippen LogP contribution in [-0.2, 0) is 0 Å². The number of hydrogen-bond acceptors (Lipinski definition) is 3. The van der Waals surface area contributed by atoms with Crippen molar-refractivity contribution in [1.29, 1.82) is 0 Å². The molecular formula is C13H13NO3S. The van der Waals surface area contributed by atoms with Gasteiger partial charge in [0.25, 0.3) is 0 Å². The van der Waals surface area contributed by atoms with E-state index in [1.165, 1.54) is 13.0 Å². The van der Waals surface area contributed by atoms with E-state index in [4.69, 9.17) is 0 Å². The van der Waals surface area contributed by atoms with Crippen molar-refractivity contribution in [1.82, 2.24) is 4.57 Å². The summed E-state index contributed by atoms with van der Waals surface area (Å²) in [6.07, 6.45) is 1.61. The number of carboxylic acid groups (broad SMARTS) is 1. The minimum Gasteiger partial charge on any atom is -0.477 e. The fourth-order valence-corrected chi connectivity index (χ4v) is 2.58. The largest absolute Gasteiger partial charge is 0.477 e. The van der Waals surface area contributed by atoms with Gasteiger partial charge in [-0.25, -0.2) is 4.79 Å². The van der Waals surface area contributed by atoms with Crippen molar-refractivity contribution in [2.24, 2.45) is 0 Å². The predicted molar refractivity (Wildman–Crippen MR) is 69.5 cm³/mol. The van der Waals surface area contributed by atoms with Gasteiger partial charge >= 0.3 is 5.97 Å². The number of carboxylic acids is 1. The molecule has 0 radical (unpaired) electrons. The van der Waals surface area contributed by atoms with Crippen molar-refractivity contribution in [3.05, 3.63) is 45.9 Å². The first kappa shape index (κ1) is 12.6. The second-order valence-electron chi connectivity index (χ2n) is 4.12. The summed E-state index contributed by atoms with van der Waals surface area (Å²) in [5.41, 5.74) is 1.60. The lowest BCUT2D eigenvalue weighted by Gasteiger charge is -2.14. The Hall–Kier alpha value is -1.88. The number of rotatable bonds is 4. The van der Waals surface area contributed by atoms with Gasteiger partial charge in [-0.2, -0.15) is 11.3 Å². The lowest BCUT2D eigenvalue weighted by atomic mass is 10.2. The van der Waals surface area contributed by atoms with Crippen LogP contribution in [0.25, 0.3) is 0 Å². The fraction of sp³-hybridized carbons (Fsp3) is 0.231. The first-order valence-electron chi connectivity index (χ1n) is 5.49. The lowest BCUT2D eigenvalue weighted by molar-refractivity contribution is 0.0684. The summed E-state index contributed by atoms with van der Waals surface area (Å²) >= 11 is 1.56. The number of Topliss-reactive ketones (excluding diaryl/α,β-unsaturated/α-hetero) is 1. The van der Waals surface area contributed by atoms with Crippen LogP contribution in [0.5, 0.6) is 0 Å². The van der Waals surface area contributed by atoms with Gasteiger partial charge in [-0.15, -0.1) is 0 Å². The molecule has 18 heavy (non-hydrogen) atoms. The van der Waals surface area contributed by atoms with Gasteiger partial charge in [-0.1, -0.05) is 0 Å². The molecule has 1 N–H and O–H groups in total. The number of hydrogen-bond donors (Lipinski definition) is 1. The van der Waals surface area contributed by atoms with Crippen molar-refractivity contribution >= 4 is 23.1 Å². The van der Waals surface area contributed by atoms with E-state index in [1.807, 2.05) is 23.8 Å².